The van der Waals surface area contributed by atoms with Crippen molar-refractivity contribution in [3.8, 4) is 0 Å². The van der Waals surface area contributed by atoms with Crippen molar-refractivity contribution in [3.63, 3.8) is 0 Å². The molecule has 2 amide bonds. The summed E-state index contributed by atoms with van der Waals surface area (Å²) in [6, 6.07) is 0. The molecule has 1 fully saturated rings. The highest BCUT2D eigenvalue weighted by molar-refractivity contribution is 5.87. The van der Waals surface area contributed by atoms with E-state index in [1.807, 2.05) is 0 Å². The van der Waals surface area contributed by atoms with Gasteiger partial charge >= 0.3 is 6.18 Å². The first-order valence-electron chi connectivity index (χ1n) is 4.00. The van der Waals surface area contributed by atoms with Gasteiger partial charge in [-0.1, -0.05) is 0 Å². The Bertz CT molecular complexity index is 252. The van der Waals surface area contributed by atoms with Crippen molar-refractivity contribution < 1.29 is 22.8 Å². The van der Waals surface area contributed by atoms with E-state index in [0.29, 0.717) is 4.90 Å². The number of hydrogen-bond acceptors (Lipinski definition) is 2. The molecule has 1 saturated heterocycles. The zero-order valence-electron chi connectivity index (χ0n) is 7.23. The van der Waals surface area contributed by atoms with Crippen LogP contribution in [-0.4, -0.2) is 42.5 Å². The van der Waals surface area contributed by atoms with Crippen LogP contribution in [0.4, 0.5) is 13.2 Å². The second-order valence-electron chi connectivity index (χ2n) is 2.96. The smallest absolute Gasteiger partial charge is 0.347 e. The Morgan fingerprint density at radius 3 is 2.57 bits per heavy atom. The van der Waals surface area contributed by atoms with E-state index in [4.69, 9.17) is 0 Å². The Morgan fingerprint density at radius 1 is 1.36 bits per heavy atom. The van der Waals surface area contributed by atoms with E-state index >= 15 is 0 Å². The van der Waals surface area contributed by atoms with E-state index < -0.39 is 24.5 Å². The monoisotopic (exact) mass is 210 g/mol. The van der Waals surface area contributed by atoms with E-state index in [9.17, 15) is 22.8 Å². The van der Waals surface area contributed by atoms with Crippen LogP contribution in [0, 0.1) is 0 Å². The van der Waals surface area contributed by atoms with Gasteiger partial charge in [0.15, 0.2) is 0 Å². The number of carbonyl (C=O) groups excluding carboxylic acids is 2. The highest BCUT2D eigenvalue weighted by Gasteiger charge is 2.33. The number of carbonyl (C=O) groups is 2. The predicted octanol–water partition coefficient (Wildman–Crippen LogP) is -0.103. The number of nitrogens with zero attached hydrogens (tertiary/aromatic N) is 1. The number of hydrogen-bond donors (Lipinski definition) is 1. The van der Waals surface area contributed by atoms with E-state index in [2.05, 4.69) is 5.32 Å². The SMILES string of the molecule is O=C1CCN(CC(F)(F)F)C(=O)CN1. The Morgan fingerprint density at radius 2 is 2.00 bits per heavy atom. The zero-order chi connectivity index (χ0) is 10.8. The normalized spacial score (nSPS) is 19.2. The first-order chi connectivity index (χ1) is 6.38. The first-order valence-corrected chi connectivity index (χ1v) is 4.00. The van der Waals surface area contributed by atoms with Gasteiger partial charge in [-0.2, -0.15) is 13.2 Å². The maximum Gasteiger partial charge on any atom is 0.406 e. The van der Waals surface area contributed by atoms with Gasteiger partial charge in [0, 0.05) is 13.0 Å². The van der Waals surface area contributed by atoms with Crippen molar-refractivity contribution in [1.82, 2.24) is 10.2 Å². The van der Waals surface area contributed by atoms with Crippen LogP contribution in [0.15, 0.2) is 0 Å². The molecule has 0 bridgehead atoms. The van der Waals surface area contributed by atoms with E-state index in [1.165, 1.54) is 0 Å². The number of rotatable bonds is 1. The van der Waals surface area contributed by atoms with Crippen molar-refractivity contribution in [3.05, 3.63) is 0 Å². The summed E-state index contributed by atoms with van der Waals surface area (Å²) < 4.78 is 35.8. The van der Waals surface area contributed by atoms with Crippen LogP contribution in [0.25, 0.3) is 0 Å². The Kier molecular flexibility index (Phi) is 2.97. The average Bonchev–Trinajstić information content (AvgIpc) is 2.17. The van der Waals surface area contributed by atoms with Gasteiger partial charge in [-0.25, -0.2) is 0 Å². The lowest BCUT2D eigenvalue weighted by molar-refractivity contribution is -0.160. The Balaban J connectivity index is 2.59. The van der Waals surface area contributed by atoms with Crippen molar-refractivity contribution in [2.24, 2.45) is 0 Å². The van der Waals surface area contributed by atoms with Crippen LogP contribution in [0.3, 0.4) is 0 Å². The fourth-order valence-corrected chi connectivity index (χ4v) is 1.12. The van der Waals surface area contributed by atoms with E-state index in [-0.39, 0.29) is 19.5 Å². The average molecular weight is 210 g/mol. The molecule has 1 aliphatic heterocycles. The number of amides is 2. The molecular formula is C7H9F3N2O2. The molecule has 0 spiro atoms. The molecule has 7 heteroatoms. The summed E-state index contributed by atoms with van der Waals surface area (Å²) in [5.41, 5.74) is 0. The van der Waals surface area contributed by atoms with Gasteiger partial charge in [-0.05, 0) is 0 Å². The van der Waals surface area contributed by atoms with E-state index in [1.54, 1.807) is 0 Å². The minimum Gasteiger partial charge on any atom is -0.347 e. The second kappa shape index (κ2) is 3.85. The van der Waals surface area contributed by atoms with Gasteiger partial charge in [0.05, 0.1) is 6.54 Å². The first kappa shape index (κ1) is 10.8. The van der Waals surface area contributed by atoms with Crippen LogP contribution in [0.1, 0.15) is 6.42 Å². The topological polar surface area (TPSA) is 49.4 Å². The molecule has 4 nitrogen and oxygen atoms in total. The predicted molar refractivity (Wildman–Crippen MR) is 40.3 cm³/mol. The van der Waals surface area contributed by atoms with Gasteiger partial charge in [0.2, 0.25) is 11.8 Å². The van der Waals surface area contributed by atoms with Crippen LogP contribution in [0.2, 0.25) is 0 Å². The van der Waals surface area contributed by atoms with Crippen LogP contribution >= 0.6 is 0 Å². The number of halogens is 3. The van der Waals surface area contributed by atoms with Gasteiger partial charge in [-0.3, -0.25) is 9.59 Å². The van der Waals surface area contributed by atoms with Crippen LogP contribution in [-0.2, 0) is 9.59 Å². The molecule has 1 N–H and O–H groups in total. The maximum atomic E-state index is 11.9. The standard InChI is InChI=1S/C7H9F3N2O2/c8-7(9,10)4-12-2-1-5(13)11-3-6(12)14/h1-4H2,(H,11,13). The van der Waals surface area contributed by atoms with Crippen molar-refractivity contribution in [2.75, 3.05) is 19.6 Å². The zero-order valence-corrected chi connectivity index (χ0v) is 7.23. The minimum atomic E-state index is -4.41. The third-order valence-corrected chi connectivity index (χ3v) is 1.77. The lowest BCUT2D eigenvalue weighted by Gasteiger charge is -2.20. The molecule has 0 aromatic rings. The molecule has 0 aromatic carbocycles. The maximum absolute atomic E-state index is 11.9. The largest absolute Gasteiger partial charge is 0.406 e. The summed E-state index contributed by atoms with van der Waals surface area (Å²) in [5, 5.41) is 2.21. The lowest BCUT2D eigenvalue weighted by Crippen LogP contribution is -2.41. The Hall–Kier alpha value is -1.27. The quantitative estimate of drug-likeness (QED) is 0.656. The van der Waals surface area contributed by atoms with Gasteiger partial charge in [0.25, 0.3) is 0 Å². The van der Waals surface area contributed by atoms with Crippen molar-refractivity contribution in [2.45, 2.75) is 12.6 Å². The summed E-state index contributed by atoms with van der Waals surface area (Å²) in [4.78, 5) is 22.5. The van der Waals surface area contributed by atoms with Gasteiger partial charge < -0.3 is 10.2 Å². The number of nitrogens with one attached hydrogen (secondary N) is 1. The third kappa shape index (κ3) is 3.23. The minimum absolute atomic E-state index is 0.0815. The highest BCUT2D eigenvalue weighted by atomic mass is 19.4. The van der Waals surface area contributed by atoms with E-state index in [0.717, 1.165) is 0 Å². The molecule has 0 unspecified atom stereocenters. The van der Waals surface area contributed by atoms with Gasteiger partial charge in [-0.15, -0.1) is 0 Å². The molecule has 0 aliphatic carbocycles. The molecule has 0 radical (unpaired) electrons. The second-order valence-corrected chi connectivity index (χ2v) is 2.96. The number of alkyl halides is 3. The molecule has 0 saturated carbocycles. The molecule has 80 valence electrons. The van der Waals surface area contributed by atoms with Gasteiger partial charge in [0.1, 0.15) is 6.54 Å². The summed E-state index contributed by atoms with van der Waals surface area (Å²) in [7, 11) is 0. The molecule has 1 rings (SSSR count). The summed E-state index contributed by atoms with van der Waals surface area (Å²) in [6.07, 6.45) is -4.50. The molecular weight excluding hydrogens is 201 g/mol. The molecule has 14 heavy (non-hydrogen) atoms. The van der Waals surface area contributed by atoms with Crippen molar-refractivity contribution >= 4 is 11.8 Å². The third-order valence-electron chi connectivity index (χ3n) is 1.77. The summed E-state index contributed by atoms with van der Waals surface area (Å²) in [5.74, 6) is -1.10. The Labute approximate surface area is 78.1 Å². The molecule has 1 aliphatic rings. The van der Waals surface area contributed by atoms with Crippen molar-refractivity contribution in [1.29, 1.82) is 0 Å². The molecule has 0 aromatic heterocycles. The summed E-state index contributed by atoms with van der Waals surface area (Å²) >= 11 is 0. The highest BCUT2D eigenvalue weighted by Crippen LogP contribution is 2.17. The fraction of sp³-hybridized carbons (Fsp3) is 0.714. The fourth-order valence-electron chi connectivity index (χ4n) is 1.12. The molecule has 1 heterocycles. The summed E-state index contributed by atoms with van der Waals surface area (Å²) in [6.45, 7) is -1.82. The lowest BCUT2D eigenvalue weighted by atomic mass is 10.3. The van der Waals surface area contributed by atoms with Crippen LogP contribution < -0.4 is 5.32 Å². The molecule has 0 atom stereocenters. The van der Waals surface area contributed by atoms with Crippen LogP contribution in [0.5, 0.6) is 0 Å².